The van der Waals surface area contributed by atoms with Crippen molar-refractivity contribution >= 4 is 22.6 Å². The lowest BCUT2D eigenvalue weighted by Crippen LogP contribution is -2.16. The van der Waals surface area contributed by atoms with Gasteiger partial charge < -0.3 is 9.47 Å². The van der Waals surface area contributed by atoms with Gasteiger partial charge in [-0.05, 0) is 32.3 Å². The molecule has 1 aliphatic carbocycles. The van der Waals surface area contributed by atoms with E-state index in [9.17, 15) is 0 Å². The van der Waals surface area contributed by atoms with Crippen LogP contribution in [0.4, 0.5) is 0 Å². The van der Waals surface area contributed by atoms with E-state index < -0.39 is 0 Å². The zero-order valence-electron chi connectivity index (χ0n) is 16.0. The summed E-state index contributed by atoms with van der Waals surface area (Å²) < 4.78 is 11.0. The van der Waals surface area contributed by atoms with Crippen LogP contribution in [0, 0.1) is 0 Å². The fourth-order valence-corrected chi connectivity index (χ4v) is 4.21. The first-order valence-electron chi connectivity index (χ1n) is 8.99. The highest BCUT2D eigenvalue weighted by Gasteiger charge is 2.19. The molecule has 0 aromatic carbocycles. The molecule has 2 unspecified atom stereocenters. The average Bonchev–Trinajstić information content (AvgIpc) is 2.56. The number of thioether (sulfide) groups is 1. The van der Waals surface area contributed by atoms with E-state index in [4.69, 9.17) is 9.47 Å². The molecule has 25 heavy (non-hydrogen) atoms. The maximum absolute atomic E-state index is 5.70. The van der Waals surface area contributed by atoms with Gasteiger partial charge in [-0.15, -0.1) is 0 Å². The molecule has 2 rings (SSSR count). The number of aliphatic imine (C=N–C) groups is 2. The van der Waals surface area contributed by atoms with Crippen molar-refractivity contribution in [3.63, 3.8) is 0 Å². The van der Waals surface area contributed by atoms with Gasteiger partial charge in [-0.3, -0.25) is 4.99 Å². The summed E-state index contributed by atoms with van der Waals surface area (Å²) in [6, 6.07) is 0.340. The molecule has 0 radical (unpaired) electrons. The molecule has 0 amide bonds. The van der Waals surface area contributed by atoms with Crippen molar-refractivity contribution in [2.45, 2.75) is 57.7 Å². The second kappa shape index (κ2) is 9.97. The van der Waals surface area contributed by atoms with Gasteiger partial charge in [0.1, 0.15) is 5.76 Å². The fourth-order valence-electron chi connectivity index (χ4n) is 3.14. The van der Waals surface area contributed by atoms with Crippen molar-refractivity contribution in [2.24, 2.45) is 9.98 Å². The predicted octanol–water partition coefficient (Wildman–Crippen LogP) is 4.93. The Morgan fingerprint density at radius 3 is 2.72 bits per heavy atom. The van der Waals surface area contributed by atoms with Crippen LogP contribution in [0.5, 0.6) is 0 Å². The highest BCUT2D eigenvalue weighted by atomic mass is 32.2. The van der Waals surface area contributed by atoms with Crippen LogP contribution in [0.1, 0.15) is 46.5 Å². The lowest BCUT2D eigenvalue weighted by molar-refractivity contribution is 0.211. The number of allylic oxidation sites excluding steroid dienone is 2. The second-order valence-corrected chi connectivity index (χ2v) is 7.75. The largest absolute Gasteiger partial charge is 0.496 e. The first kappa shape index (κ1) is 20.0. The van der Waals surface area contributed by atoms with Gasteiger partial charge in [0.15, 0.2) is 5.17 Å². The van der Waals surface area contributed by atoms with Gasteiger partial charge in [-0.2, -0.15) is 0 Å². The van der Waals surface area contributed by atoms with Crippen LogP contribution in [0.25, 0.3) is 0 Å². The van der Waals surface area contributed by atoms with E-state index in [-0.39, 0.29) is 0 Å². The molecule has 0 spiro atoms. The Kier molecular flexibility index (Phi) is 7.97. The van der Waals surface area contributed by atoms with Gasteiger partial charge in [0.05, 0.1) is 19.8 Å². The zero-order chi connectivity index (χ0) is 18.2. The molecule has 0 bridgehead atoms. The minimum absolute atomic E-state index is 0.340. The number of rotatable bonds is 7. The van der Waals surface area contributed by atoms with Gasteiger partial charge in [-0.1, -0.05) is 43.3 Å². The third-order valence-corrected chi connectivity index (χ3v) is 5.24. The first-order valence-corrected chi connectivity index (χ1v) is 9.87. The molecule has 0 N–H and O–H groups in total. The van der Waals surface area contributed by atoms with E-state index >= 15 is 0 Å². The smallest absolute Gasteiger partial charge is 0.183 e. The van der Waals surface area contributed by atoms with Gasteiger partial charge in [-0.25, -0.2) is 4.99 Å². The van der Waals surface area contributed by atoms with Crippen LogP contribution < -0.4 is 0 Å². The van der Waals surface area contributed by atoms with Crippen LogP contribution in [0.3, 0.4) is 0 Å². The molecule has 0 fully saturated rings. The molecule has 4 nitrogen and oxygen atoms in total. The van der Waals surface area contributed by atoms with Crippen LogP contribution in [-0.2, 0) is 9.47 Å². The maximum Gasteiger partial charge on any atom is 0.183 e. The zero-order valence-corrected chi connectivity index (χ0v) is 16.9. The van der Waals surface area contributed by atoms with Crippen molar-refractivity contribution in [3.8, 4) is 0 Å². The summed E-state index contributed by atoms with van der Waals surface area (Å²) in [6.07, 6.45) is 10.6. The molecule has 0 saturated carbocycles. The monoisotopic (exact) mass is 362 g/mol. The molecule has 1 heterocycles. The Morgan fingerprint density at radius 2 is 2.16 bits per heavy atom. The lowest BCUT2D eigenvalue weighted by Gasteiger charge is -2.21. The lowest BCUT2D eigenvalue weighted by atomic mass is 10.00. The average molecular weight is 363 g/mol. The van der Waals surface area contributed by atoms with E-state index in [0.29, 0.717) is 17.9 Å². The number of nitrogens with zero attached hydrogens (tertiary/aromatic N) is 2. The van der Waals surface area contributed by atoms with Gasteiger partial charge >= 0.3 is 0 Å². The highest BCUT2D eigenvalue weighted by molar-refractivity contribution is 8.14. The molecule has 0 saturated heterocycles. The molecule has 2 aliphatic rings. The summed E-state index contributed by atoms with van der Waals surface area (Å²) in [5, 5.41) is 1.29. The summed E-state index contributed by atoms with van der Waals surface area (Å²) in [7, 11) is 3.47. The standard InChI is InChI=1S/C20H30N2O2S/c1-6-7-17(13-23-4)19(24-5)16-8-10-18(11-9-16)25-20-21-14(2)12-15(3)22-20/h8-10,14,18H,6-7,11-13H2,1-5H3/b19-17-. The third-order valence-electron chi connectivity index (χ3n) is 4.18. The van der Waals surface area contributed by atoms with Crippen molar-refractivity contribution in [1.82, 2.24) is 0 Å². The molecule has 138 valence electrons. The SMILES string of the molecule is CCC/C(COC)=C(/OC)C1=CCC(SC2=NC(C)CC(C)=N2)C=C1. The van der Waals surface area contributed by atoms with Gasteiger partial charge in [0.2, 0.25) is 0 Å². The van der Waals surface area contributed by atoms with Crippen molar-refractivity contribution in [1.29, 1.82) is 0 Å². The molecule has 5 heteroatoms. The van der Waals surface area contributed by atoms with Gasteiger partial charge in [0.25, 0.3) is 0 Å². The summed E-state index contributed by atoms with van der Waals surface area (Å²) in [5.74, 6) is 0.959. The fraction of sp³-hybridized carbons (Fsp3) is 0.600. The summed E-state index contributed by atoms with van der Waals surface area (Å²) in [5.41, 5.74) is 3.55. The Hall–Kier alpha value is -1.33. The normalized spacial score (nSPS) is 24.3. The third kappa shape index (κ3) is 5.86. The topological polar surface area (TPSA) is 43.2 Å². The van der Waals surface area contributed by atoms with E-state index in [2.05, 4.69) is 49.0 Å². The minimum atomic E-state index is 0.340. The van der Waals surface area contributed by atoms with Crippen molar-refractivity contribution < 1.29 is 9.47 Å². The molecule has 1 aliphatic heterocycles. The molecule has 0 aromatic heterocycles. The quantitative estimate of drug-likeness (QED) is 0.603. The Morgan fingerprint density at radius 1 is 1.36 bits per heavy atom. The van der Waals surface area contributed by atoms with Crippen LogP contribution in [0.2, 0.25) is 0 Å². The molecular formula is C20H30N2O2S. The summed E-state index contributed by atoms with van der Waals surface area (Å²) in [4.78, 5) is 9.26. The van der Waals surface area contributed by atoms with E-state index in [1.165, 1.54) is 11.3 Å². The van der Waals surface area contributed by atoms with E-state index in [1.807, 2.05) is 0 Å². The van der Waals surface area contributed by atoms with Crippen molar-refractivity contribution in [3.05, 3.63) is 35.1 Å². The number of hydrogen-bond donors (Lipinski definition) is 0. The first-order chi connectivity index (χ1) is 12.1. The number of amidine groups is 1. The van der Waals surface area contributed by atoms with E-state index in [1.54, 1.807) is 26.0 Å². The number of ether oxygens (including phenoxy) is 2. The van der Waals surface area contributed by atoms with Crippen LogP contribution >= 0.6 is 11.8 Å². The van der Waals surface area contributed by atoms with Crippen LogP contribution in [0.15, 0.2) is 45.1 Å². The van der Waals surface area contributed by atoms with E-state index in [0.717, 1.165) is 42.2 Å². The van der Waals surface area contributed by atoms with Gasteiger partial charge in [0, 0.05) is 30.1 Å². The molecule has 2 atom stereocenters. The summed E-state index contributed by atoms with van der Waals surface area (Å²) >= 11 is 1.75. The predicted molar refractivity (Wildman–Crippen MR) is 109 cm³/mol. The molecule has 0 aromatic rings. The minimum Gasteiger partial charge on any atom is -0.496 e. The molecular weight excluding hydrogens is 332 g/mol. The van der Waals surface area contributed by atoms with Crippen molar-refractivity contribution in [2.75, 3.05) is 20.8 Å². The second-order valence-electron chi connectivity index (χ2n) is 6.54. The Balaban J connectivity index is 2.06. The Labute approximate surface area is 156 Å². The van der Waals surface area contributed by atoms with Crippen LogP contribution in [-0.4, -0.2) is 43.0 Å². The number of methoxy groups -OCH3 is 2. The Bertz CT molecular complexity index is 609. The number of hydrogen-bond acceptors (Lipinski definition) is 5. The summed E-state index contributed by atoms with van der Waals surface area (Å²) in [6.45, 7) is 7.02. The maximum atomic E-state index is 5.70. The highest BCUT2D eigenvalue weighted by Crippen LogP contribution is 2.30.